The topological polar surface area (TPSA) is 110 Å². The SMILES string of the molecule is CCCN(C(=O)c1ccccc1)c1ccc2c(c1)nc(NC(=O)c1ccc(Cl)cc1)n2CCC(N)=O. The van der Waals surface area contributed by atoms with Gasteiger partial charge in [0.2, 0.25) is 11.9 Å². The zero-order valence-corrected chi connectivity index (χ0v) is 20.5. The number of nitrogens with zero attached hydrogens (tertiary/aromatic N) is 3. The van der Waals surface area contributed by atoms with Crippen LogP contribution in [-0.4, -0.2) is 33.8 Å². The third-order valence-corrected chi connectivity index (χ3v) is 5.92. The smallest absolute Gasteiger partial charge is 0.258 e. The average Bonchev–Trinajstić information content (AvgIpc) is 3.22. The van der Waals surface area contributed by atoms with E-state index in [0.717, 1.165) is 6.42 Å². The number of benzene rings is 3. The number of aromatic nitrogens is 2. The second-order valence-electron chi connectivity index (χ2n) is 8.26. The molecule has 36 heavy (non-hydrogen) atoms. The van der Waals surface area contributed by atoms with E-state index in [1.165, 1.54) is 0 Å². The predicted octanol–water partition coefficient (Wildman–Crippen LogP) is 4.87. The summed E-state index contributed by atoms with van der Waals surface area (Å²) in [7, 11) is 0. The normalized spacial score (nSPS) is 10.8. The molecule has 0 bridgehead atoms. The zero-order valence-electron chi connectivity index (χ0n) is 19.8. The first-order valence-corrected chi connectivity index (χ1v) is 12.0. The van der Waals surface area contributed by atoms with Gasteiger partial charge in [-0.15, -0.1) is 0 Å². The fourth-order valence-electron chi connectivity index (χ4n) is 3.91. The van der Waals surface area contributed by atoms with E-state index in [-0.39, 0.29) is 30.7 Å². The first-order chi connectivity index (χ1) is 17.4. The van der Waals surface area contributed by atoms with Crippen molar-refractivity contribution in [1.82, 2.24) is 9.55 Å². The summed E-state index contributed by atoms with van der Waals surface area (Å²) < 4.78 is 1.74. The molecule has 4 rings (SSSR count). The zero-order chi connectivity index (χ0) is 25.7. The second-order valence-corrected chi connectivity index (χ2v) is 8.70. The molecule has 0 spiro atoms. The van der Waals surface area contributed by atoms with E-state index in [1.807, 2.05) is 43.3 Å². The van der Waals surface area contributed by atoms with Crippen molar-refractivity contribution in [2.24, 2.45) is 5.73 Å². The molecule has 0 aliphatic heterocycles. The average molecular weight is 504 g/mol. The van der Waals surface area contributed by atoms with Crippen molar-refractivity contribution >= 4 is 52.0 Å². The van der Waals surface area contributed by atoms with Crippen molar-refractivity contribution in [2.45, 2.75) is 26.3 Å². The van der Waals surface area contributed by atoms with Crippen LogP contribution >= 0.6 is 11.6 Å². The van der Waals surface area contributed by atoms with Crippen LogP contribution in [0.25, 0.3) is 11.0 Å². The number of halogens is 1. The van der Waals surface area contributed by atoms with Crippen molar-refractivity contribution in [3.05, 3.63) is 88.9 Å². The van der Waals surface area contributed by atoms with Gasteiger partial charge in [0.1, 0.15) is 0 Å². The van der Waals surface area contributed by atoms with Crippen LogP contribution in [0, 0.1) is 0 Å². The van der Waals surface area contributed by atoms with Gasteiger partial charge in [0.15, 0.2) is 0 Å². The summed E-state index contributed by atoms with van der Waals surface area (Å²) in [5, 5.41) is 3.34. The van der Waals surface area contributed by atoms with Gasteiger partial charge in [-0.2, -0.15) is 0 Å². The van der Waals surface area contributed by atoms with Crippen LogP contribution in [0.1, 0.15) is 40.5 Å². The minimum Gasteiger partial charge on any atom is -0.370 e. The number of nitrogens with two attached hydrogens (primary N) is 1. The molecule has 0 saturated heterocycles. The van der Waals surface area contributed by atoms with E-state index in [2.05, 4.69) is 10.3 Å². The Morgan fingerprint density at radius 2 is 1.72 bits per heavy atom. The summed E-state index contributed by atoms with van der Waals surface area (Å²) in [5.41, 5.74) is 8.35. The van der Waals surface area contributed by atoms with Crippen LogP contribution in [0.4, 0.5) is 11.6 Å². The van der Waals surface area contributed by atoms with Gasteiger partial charge in [0, 0.05) is 41.3 Å². The lowest BCUT2D eigenvalue weighted by Crippen LogP contribution is -2.31. The van der Waals surface area contributed by atoms with Crippen LogP contribution in [0.15, 0.2) is 72.8 Å². The lowest BCUT2D eigenvalue weighted by atomic mass is 10.1. The first kappa shape index (κ1) is 24.9. The molecule has 3 amide bonds. The van der Waals surface area contributed by atoms with Crippen molar-refractivity contribution < 1.29 is 14.4 Å². The number of imidazole rings is 1. The number of primary amides is 1. The number of hydrogen-bond donors (Lipinski definition) is 2. The molecule has 9 heteroatoms. The van der Waals surface area contributed by atoms with Crippen LogP contribution < -0.4 is 16.0 Å². The van der Waals surface area contributed by atoms with E-state index >= 15 is 0 Å². The molecule has 0 aliphatic carbocycles. The summed E-state index contributed by atoms with van der Waals surface area (Å²) >= 11 is 5.93. The number of fused-ring (bicyclic) bond motifs is 1. The van der Waals surface area contributed by atoms with Gasteiger partial charge in [-0.25, -0.2) is 4.98 Å². The maximum atomic E-state index is 13.2. The highest BCUT2D eigenvalue weighted by molar-refractivity contribution is 6.30. The van der Waals surface area contributed by atoms with Crippen LogP contribution in [0.2, 0.25) is 5.02 Å². The summed E-state index contributed by atoms with van der Waals surface area (Å²) in [5.74, 6) is -0.665. The van der Waals surface area contributed by atoms with Gasteiger partial charge in [0.25, 0.3) is 11.8 Å². The van der Waals surface area contributed by atoms with Gasteiger partial charge in [0.05, 0.1) is 11.0 Å². The molecule has 0 radical (unpaired) electrons. The molecule has 8 nitrogen and oxygen atoms in total. The molecular formula is C27H26ClN5O3. The molecule has 3 aromatic carbocycles. The maximum absolute atomic E-state index is 13.2. The third kappa shape index (κ3) is 5.55. The van der Waals surface area contributed by atoms with E-state index in [0.29, 0.717) is 39.4 Å². The van der Waals surface area contributed by atoms with Gasteiger partial charge < -0.3 is 15.2 Å². The van der Waals surface area contributed by atoms with Crippen molar-refractivity contribution in [2.75, 3.05) is 16.8 Å². The minimum absolute atomic E-state index is 0.0749. The number of amides is 3. The molecular weight excluding hydrogens is 478 g/mol. The number of rotatable bonds is 9. The Bertz CT molecular complexity index is 1400. The number of aryl methyl sites for hydroxylation is 1. The summed E-state index contributed by atoms with van der Waals surface area (Å²) in [6.45, 7) is 2.78. The Morgan fingerprint density at radius 3 is 2.39 bits per heavy atom. The summed E-state index contributed by atoms with van der Waals surface area (Å²) in [4.78, 5) is 43.9. The molecule has 1 heterocycles. The number of anilines is 2. The molecule has 0 unspecified atom stereocenters. The highest BCUT2D eigenvalue weighted by atomic mass is 35.5. The Labute approximate surface area is 213 Å². The summed E-state index contributed by atoms with van der Waals surface area (Å²) in [6.07, 6.45) is 0.845. The molecule has 3 N–H and O–H groups in total. The lowest BCUT2D eigenvalue weighted by Gasteiger charge is -2.22. The van der Waals surface area contributed by atoms with Gasteiger partial charge >= 0.3 is 0 Å². The van der Waals surface area contributed by atoms with Crippen LogP contribution in [0.5, 0.6) is 0 Å². The minimum atomic E-state index is -0.467. The van der Waals surface area contributed by atoms with Gasteiger partial charge in [-0.05, 0) is 61.0 Å². The van der Waals surface area contributed by atoms with Crippen molar-refractivity contribution in [3.63, 3.8) is 0 Å². The fourth-order valence-corrected chi connectivity index (χ4v) is 4.04. The van der Waals surface area contributed by atoms with E-state index < -0.39 is 5.91 Å². The lowest BCUT2D eigenvalue weighted by molar-refractivity contribution is -0.118. The maximum Gasteiger partial charge on any atom is 0.258 e. The standard InChI is InChI=1S/C27H26ClN5O3/c1-2-15-32(26(36)19-6-4-3-5-7-19)21-12-13-23-22(17-21)30-27(33(23)16-14-24(29)34)31-25(35)18-8-10-20(28)11-9-18/h3-13,17H,2,14-16H2,1H3,(H2,29,34)(H,30,31,35). The number of carbonyl (C=O) groups excluding carboxylic acids is 3. The van der Waals surface area contributed by atoms with Crippen LogP contribution in [-0.2, 0) is 11.3 Å². The monoisotopic (exact) mass is 503 g/mol. The predicted molar refractivity (Wildman–Crippen MR) is 141 cm³/mol. The van der Waals surface area contributed by atoms with Crippen molar-refractivity contribution in [1.29, 1.82) is 0 Å². The molecule has 184 valence electrons. The molecule has 0 atom stereocenters. The Balaban J connectivity index is 1.71. The van der Waals surface area contributed by atoms with Crippen molar-refractivity contribution in [3.8, 4) is 0 Å². The third-order valence-electron chi connectivity index (χ3n) is 5.67. The highest BCUT2D eigenvalue weighted by Crippen LogP contribution is 2.27. The molecule has 1 aromatic heterocycles. The van der Waals surface area contributed by atoms with E-state index in [1.54, 1.807) is 45.9 Å². The second kappa shape index (κ2) is 11.0. The Morgan fingerprint density at radius 1 is 1.00 bits per heavy atom. The van der Waals surface area contributed by atoms with E-state index in [4.69, 9.17) is 17.3 Å². The number of carbonyl (C=O) groups is 3. The largest absolute Gasteiger partial charge is 0.370 e. The quantitative estimate of drug-likeness (QED) is 0.339. The molecule has 4 aromatic rings. The Hall–Kier alpha value is -4.17. The number of nitrogens with one attached hydrogen (secondary N) is 1. The van der Waals surface area contributed by atoms with Gasteiger partial charge in [-0.1, -0.05) is 36.7 Å². The number of hydrogen-bond acceptors (Lipinski definition) is 4. The highest BCUT2D eigenvalue weighted by Gasteiger charge is 2.20. The van der Waals surface area contributed by atoms with E-state index in [9.17, 15) is 14.4 Å². The molecule has 0 saturated carbocycles. The first-order valence-electron chi connectivity index (χ1n) is 11.6. The van der Waals surface area contributed by atoms with Crippen LogP contribution in [0.3, 0.4) is 0 Å². The molecule has 0 fully saturated rings. The molecule has 0 aliphatic rings. The van der Waals surface area contributed by atoms with Gasteiger partial charge in [-0.3, -0.25) is 19.7 Å². The fraction of sp³-hybridized carbons (Fsp3) is 0.185. The Kier molecular flexibility index (Phi) is 7.65. The summed E-state index contributed by atoms with van der Waals surface area (Å²) in [6, 6.07) is 21.1.